The maximum atomic E-state index is 12.4. The van der Waals surface area contributed by atoms with Crippen LogP contribution in [-0.4, -0.2) is 24.8 Å². The predicted molar refractivity (Wildman–Crippen MR) is 144 cm³/mol. The highest BCUT2D eigenvalue weighted by Crippen LogP contribution is 2.18. The standard InChI is InChI=1S/C31H44O4/c1-3-5-12-24-34-28-20-16-26(17-21-28)30(32)14-10-8-7-9-11-15-31(33)27-18-22-29(23-19-27)35-25-13-6-4-2/h16-23H,3-15,24-25H2,1-2H3. The van der Waals surface area contributed by atoms with E-state index in [-0.39, 0.29) is 11.6 Å². The molecule has 2 aromatic rings. The van der Waals surface area contributed by atoms with E-state index in [1.54, 1.807) is 0 Å². The van der Waals surface area contributed by atoms with Crippen LogP contribution in [-0.2, 0) is 0 Å². The Morgan fingerprint density at radius 1 is 0.514 bits per heavy atom. The zero-order chi connectivity index (χ0) is 25.1. The summed E-state index contributed by atoms with van der Waals surface area (Å²) in [6.45, 7) is 5.81. The number of Topliss-reactive ketones (excluding diaryl/α,β-unsaturated/α-hetero) is 2. The van der Waals surface area contributed by atoms with Gasteiger partial charge in [0.05, 0.1) is 13.2 Å². The fourth-order valence-corrected chi connectivity index (χ4v) is 3.95. The molecule has 0 aromatic heterocycles. The second-order valence-corrected chi connectivity index (χ2v) is 9.27. The summed E-state index contributed by atoms with van der Waals surface area (Å²) in [4.78, 5) is 24.8. The van der Waals surface area contributed by atoms with Crippen LogP contribution in [0.25, 0.3) is 0 Å². The van der Waals surface area contributed by atoms with Crippen LogP contribution in [0.2, 0.25) is 0 Å². The summed E-state index contributed by atoms with van der Waals surface area (Å²) in [5.41, 5.74) is 1.52. The zero-order valence-electron chi connectivity index (χ0n) is 21.9. The van der Waals surface area contributed by atoms with Gasteiger partial charge in [0.1, 0.15) is 11.5 Å². The van der Waals surface area contributed by atoms with Crippen molar-refractivity contribution in [3.05, 3.63) is 59.7 Å². The van der Waals surface area contributed by atoms with Crippen LogP contribution in [0.3, 0.4) is 0 Å². The van der Waals surface area contributed by atoms with Crippen LogP contribution < -0.4 is 9.47 Å². The fourth-order valence-electron chi connectivity index (χ4n) is 3.95. The molecule has 192 valence electrons. The largest absolute Gasteiger partial charge is 0.494 e. The highest BCUT2D eigenvalue weighted by Gasteiger charge is 2.08. The van der Waals surface area contributed by atoms with Crippen molar-refractivity contribution in [3.63, 3.8) is 0 Å². The number of rotatable bonds is 20. The molecule has 4 heteroatoms. The summed E-state index contributed by atoms with van der Waals surface area (Å²) in [7, 11) is 0. The van der Waals surface area contributed by atoms with Crippen molar-refractivity contribution < 1.29 is 19.1 Å². The van der Waals surface area contributed by atoms with Crippen LogP contribution in [0.5, 0.6) is 11.5 Å². The third-order valence-corrected chi connectivity index (χ3v) is 6.19. The molecular weight excluding hydrogens is 436 g/mol. The first kappa shape index (κ1) is 28.6. The molecule has 0 N–H and O–H groups in total. The average Bonchev–Trinajstić information content (AvgIpc) is 2.89. The second-order valence-electron chi connectivity index (χ2n) is 9.27. The van der Waals surface area contributed by atoms with Gasteiger partial charge < -0.3 is 9.47 Å². The Kier molecular flexibility index (Phi) is 14.5. The Labute approximate surface area is 212 Å². The van der Waals surface area contributed by atoms with Gasteiger partial charge in [0.15, 0.2) is 11.6 Å². The minimum Gasteiger partial charge on any atom is -0.494 e. The minimum absolute atomic E-state index is 0.190. The van der Waals surface area contributed by atoms with E-state index in [2.05, 4.69) is 13.8 Å². The average molecular weight is 481 g/mol. The molecule has 2 aromatic carbocycles. The van der Waals surface area contributed by atoms with Gasteiger partial charge in [-0.25, -0.2) is 0 Å². The van der Waals surface area contributed by atoms with Gasteiger partial charge in [0.2, 0.25) is 0 Å². The second kappa shape index (κ2) is 17.8. The lowest BCUT2D eigenvalue weighted by Gasteiger charge is -2.07. The molecule has 0 saturated heterocycles. The van der Waals surface area contributed by atoms with E-state index in [1.165, 1.54) is 25.7 Å². The third kappa shape index (κ3) is 12.1. The topological polar surface area (TPSA) is 52.6 Å². The zero-order valence-corrected chi connectivity index (χ0v) is 21.9. The van der Waals surface area contributed by atoms with Crippen LogP contribution >= 0.6 is 0 Å². The van der Waals surface area contributed by atoms with Crippen molar-refractivity contribution in [1.29, 1.82) is 0 Å². The Bertz CT molecular complexity index is 768. The SMILES string of the molecule is CCCCCOc1ccc(C(=O)CCCCCCCC(=O)c2ccc(OCCCCC)cc2)cc1. The number of ketones is 2. The molecule has 4 nitrogen and oxygen atoms in total. The molecule has 0 aliphatic rings. The van der Waals surface area contributed by atoms with Crippen LogP contribution in [0, 0.1) is 0 Å². The number of hydrogen-bond donors (Lipinski definition) is 0. The van der Waals surface area contributed by atoms with Gasteiger partial charge in [-0.15, -0.1) is 0 Å². The number of unbranched alkanes of at least 4 members (excludes halogenated alkanes) is 8. The fraction of sp³-hybridized carbons (Fsp3) is 0.548. The maximum absolute atomic E-state index is 12.4. The monoisotopic (exact) mass is 480 g/mol. The first-order chi connectivity index (χ1) is 17.1. The summed E-state index contributed by atoms with van der Waals surface area (Å²) < 4.78 is 11.4. The van der Waals surface area contributed by atoms with Gasteiger partial charge in [-0.3, -0.25) is 9.59 Å². The summed E-state index contributed by atoms with van der Waals surface area (Å²) in [5.74, 6) is 2.05. The lowest BCUT2D eigenvalue weighted by atomic mass is 10.0. The number of ether oxygens (including phenoxy) is 2. The minimum atomic E-state index is 0.190. The summed E-state index contributed by atoms with van der Waals surface area (Å²) in [6.07, 6.45) is 12.8. The van der Waals surface area contributed by atoms with Gasteiger partial charge in [0, 0.05) is 24.0 Å². The van der Waals surface area contributed by atoms with Crippen molar-refractivity contribution in [1.82, 2.24) is 0 Å². The molecule has 35 heavy (non-hydrogen) atoms. The highest BCUT2D eigenvalue weighted by atomic mass is 16.5. The first-order valence-electron chi connectivity index (χ1n) is 13.7. The number of hydrogen-bond acceptors (Lipinski definition) is 4. The molecule has 0 amide bonds. The highest BCUT2D eigenvalue weighted by molar-refractivity contribution is 5.96. The third-order valence-electron chi connectivity index (χ3n) is 6.19. The molecule has 0 saturated carbocycles. The van der Waals surface area contributed by atoms with Crippen molar-refractivity contribution in [2.24, 2.45) is 0 Å². The quantitative estimate of drug-likeness (QED) is 0.141. The van der Waals surface area contributed by atoms with Gasteiger partial charge >= 0.3 is 0 Å². The van der Waals surface area contributed by atoms with E-state index in [0.29, 0.717) is 12.8 Å². The Balaban J connectivity index is 1.54. The Morgan fingerprint density at radius 2 is 0.886 bits per heavy atom. The van der Waals surface area contributed by atoms with Gasteiger partial charge in [-0.2, -0.15) is 0 Å². The maximum Gasteiger partial charge on any atom is 0.162 e. The molecule has 0 fully saturated rings. The van der Waals surface area contributed by atoms with Crippen LogP contribution in [0.1, 0.15) is 118 Å². The van der Waals surface area contributed by atoms with E-state index in [9.17, 15) is 9.59 Å². The molecule has 0 atom stereocenters. The van der Waals surface area contributed by atoms with Crippen LogP contribution in [0.4, 0.5) is 0 Å². The van der Waals surface area contributed by atoms with E-state index in [1.807, 2.05) is 48.5 Å². The van der Waals surface area contributed by atoms with Gasteiger partial charge in [-0.1, -0.05) is 58.8 Å². The Hall–Kier alpha value is -2.62. The normalized spacial score (nSPS) is 10.8. The smallest absolute Gasteiger partial charge is 0.162 e. The molecule has 0 unspecified atom stereocenters. The lowest BCUT2D eigenvalue weighted by molar-refractivity contribution is 0.0973. The summed E-state index contributed by atoms with van der Waals surface area (Å²) in [6, 6.07) is 15.0. The number of carbonyl (C=O) groups excluding carboxylic acids is 2. The Morgan fingerprint density at radius 3 is 1.26 bits per heavy atom. The summed E-state index contributed by atoms with van der Waals surface area (Å²) in [5, 5.41) is 0. The predicted octanol–water partition coefficient (Wildman–Crippen LogP) is 8.62. The van der Waals surface area contributed by atoms with Crippen LogP contribution in [0.15, 0.2) is 48.5 Å². The van der Waals surface area contributed by atoms with E-state index >= 15 is 0 Å². The van der Waals surface area contributed by atoms with E-state index in [0.717, 1.165) is 80.8 Å². The molecule has 2 rings (SSSR count). The van der Waals surface area contributed by atoms with Crippen molar-refractivity contribution >= 4 is 11.6 Å². The summed E-state index contributed by atoms with van der Waals surface area (Å²) >= 11 is 0. The molecule has 0 aliphatic carbocycles. The lowest BCUT2D eigenvalue weighted by Crippen LogP contribution is -2.01. The number of benzene rings is 2. The molecule has 0 spiro atoms. The molecule has 0 aliphatic heterocycles. The van der Waals surface area contributed by atoms with Crippen molar-refractivity contribution in [3.8, 4) is 11.5 Å². The molecular formula is C31H44O4. The van der Waals surface area contributed by atoms with Gasteiger partial charge in [0.25, 0.3) is 0 Å². The first-order valence-corrected chi connectivity index (χ1v) is 13.7. The van der Waals surface area contributed by atoms with Crippen molar-refractivity contribution in [2.75, 3.05) is 13.2 Å². The van der Waals surface area contributed by atoms with Gasteiger partial charge in [-0.05, 0) is 74.2 Å². The molecule has 0 bridgehead atoms. The van der Waals surface area contributed by atoms with E-state index < -0.39 is 0 Å². The number of carbonyl (C=O) groups is 2. The van der Waals surface area contributed by atoms with Crippen molar-refractivity contribution in [2.45, 2.75) is 97.3 Å². The molecule has 0 heterocycles. The molecule has 0 radical (unpaired) electrons. The van der Waals surface area contributed by atoms with E-state index in [4.69, 9.17) is 9.47 Å².